The van der Waals surface area contributed by atoms with Gasteiger partial charge in [0.25, 0.3) is 5.41 Å². The van der Waals surface area contributed by atoms with Gasteiger partial charge in [-0.05, 0) is 12.5 Å². The third-order valence-electron chi connectivity index (χ3n) is 3.14. The number of aliphatic hydroxyl groups is 1. The van der Waals surface area contributed by atoms with E-state index in [0.29, 0.717) is 17.7 Å². The van der Waals surface area contributed by atoms with Crippen LogP contribution in [0, 0.1) is 12.3 Å². The van der Waals surface area contributed by atoms with Crippen LogP contribution >= 0.6 is 0 Å². The number of halogens is 9. The molecule has 0 amide bonds. The summed E-state index contributed by atoms with van der Waals surface area (Å²) in [5.74, 6) is 0. The van der Waals surface area contributed by atoms with Crippen molar-refractivity contribution in [2.45, 2.75) is 31.6 Å². The fraction of sp³-hybridized carbons (Fsp3) is 0.500. The number of alkyl halides is 9. The van der Waals surface area contributed by atoms with E-state index in [9.17, 15) is 44.6 Å². The summed E-state index contributed by atoms with van der Waals surface area (Å²) in [6.07, 6.45) is -24.3. The molecule has 0 aliphatic carbocycles. The molecule has 1 aromatic rings. The summed E-state index contributed by atoms with van der Waals surface area (Å²) in [6.45, 7) is 1.42. The molecule has 1 N–H and O–H groups in total. The third kappa shape index (κ3) is 2.75. The van der Waals surface area contributed by atoms with Gasteiger partial charge in [-0.25, -0.2) is 0 Å². The molecule has 1 atom stereocenters. The van der Waals surface area contributed by atoms with Gasteiger partial charge < -0.3 is 5.11 Å². The standard InChI is InChI=1S/C12H9F9O/c1-6-2-4-7(5-3-6)8(22)9(10(13,14)15,11(16,17)18)12(19,20)21/h2-5,8,22H,1H3. The van der Waals surface area contributed by atoms with Crippen LogP contribution < -0.4 is 0 Å². The molecule has 22 heavy (non-hydrogen) atoms. The number of aryl methyl sites for hydroxylation is 1. The normalized spacial score (nSPS) is 15.8. The van der Waals surface area contributed by atoms with Gasteiger partial charge in [0.2, 0.25) is 0 Å². The predicted molar refractivity (Wildman–Crippen MR) is 56.7 cm³/mol. The molecular weight excluding hydrogens is 331 g/mol. The van der Waals surface area contributed by atoms with E-state index in [1.165, 1.54) is 6.92 Å². The van der Waals surface area contributed by atoms with Crippen LogP contribution in [-0.2, 0) is 0 Å². The molecule has 1 aromatic carbocycles. The molecule has 0 bridgehead atoms. The van der Waals surface area contributed by atoms with Crippen LogP contribution in [0.2, 0.25) is 0 Å². The molecule has 0 heterocycles. The molecule has 0 aromatic heterocycles. The fourth-order valence-electron chi connectivity index (χ4n) is 1.95. The van der Waals surface area contributed by atoms with Crippen LogP contribution in [0.1, 0.15) is 17.2 Å². The Bertz CT molecular complexity index is 473. The summed E-state index contributed by atoms with van der Waals surface area (Å²) in [6, 6.07) is 3.15. The van der Waals surface area contributed by atoms with E-state index in [1.54, 1.807) is 0 Å². The van der Waals surface area contributed by atoms with E-state index in [-0.39, 0.29) is 0 Å². The Morgan fingerprint density at radius 1 is 0.727 bits per heavy atom. The third-order valence-corrected chi connectivity index (χ3v) is 3.14. The summed E-state index contributed by atoms with van der Waals surface area (Å²) in [5.41, 5.74) is -7.03. The van der Waals surface area contributed by atoms with Gasteiger partial charge in [-0.2, -0.15) is 39.5 Å². The highest BCUT2D eigenvalue weighted by atomic mass is 19.4. The molecule has 0 spiro atoms. The summed E-state index contributed by atoms with van der Waals surface area (Å²) < 4.78 is 115. The van der Waals surface area contributed by atoms with Crippen molar-refractivity contribution in [1.29, 1.82) is 0 Å². The van der Waals surface area contributed by atoms with Crippen molar-refractivity contribution in [1.82, 2.24) is 0 Å². The molecule has 10 heteroatoms. The minimum Gasteiger partial charge on any atom is -0.387 e. The molecule has 0 saturated carbocycles. The monoisotopic (exact) mass is 340 g/mol. The quantitative estimate of drug-likeness (QED) is 0.774. The Morgan fingerprint density at radius 3 is 1.32 bits per heavy atom. The Morgan fingerprint density at radius 2 is 1.05 bits per heavy atom. The number of hydrogen-bond acceptors (Lipinski definition) is 1. The Labute approximate surface area is 118 Å². The van der Waals surface area contributed by atoms with Gasteiger partial charge in [-0.15, -0.1) is 0 Å². The van der Waals surface area contributed by atoms with Crippen LogP contribution in [0.4, 0.5) is 39.5 Å². The lowest BCUT2D eigenvalue weighted by molar-refractivity contribution is -0.449. The van der Waals surface area contributed by atoms with Gasteiger partial charge in [-0.3, -0.25) is 0 Å². The second-order valence-corrected chi connectivity index (χ2v) is 4.61. The van der Waals surface area contributed by atoms with E-state index in [0.717, 1.165) is 12.1 Å². The van der Waals surface area contributed by atoms with E-state index in [2.05, 4.69) is 0 Å². The van der Waals surface area contributed by atoms with Crippen molar-refractivity contribution in [3.8, 4) is 0 Å². The molecule has 1 rings (SSSR count). The summed E-state index contributed by atoms with van der Waals surface area (Å²) in [4.78, 5) is 0. The van der Waals surface area contributed by atoms with E-state index >= 15 is 0 Å². The maximum Gasteiger partial charge on any atom is 0.415 e. The second kappa shape index (κ2) is 5.32. The summed E-state index contributed by atoms with van der Waals surface area (Å²) >= 11 is 0. The zero-order chi connectivity index (χ0) is 17.6. The van der Waals surface area contributed by atoms with Crippen LogP contribution in [0.15, 0.2) is 24.3 Å². The van der Waals surface area contributed by atoms with Gasteiger partial charge in [0, 0.05) is 0 Å². The van der Waals surface area contributed by atoms with Crippen molar-refractivity contribution in [3.63, 3.8) is 0 Å². The topological polar surface area (TPSA) is 20.2 Å². The molecular formula is C12H9F9O. The van der Waals surface area contributed by atoms with Crippen LogP contribution in [0.25, 0.3) is 0 Å². The lowest BCUT2D eigenvalue weighted by Gasteiger charge is -2.41. The average molecular weight is 340 g/mol. The van der Waals surface area contributed by atoms with Crippen molar-refractivity contribution >= 4 is 0 Å². The van der Waals surface area contributed by atoms with Gasteiger partial charge in [-0.1, -0.05) is 29.8 Å². The van der Waals surface area contributed by atoms with Gasteiger partial charge in [0.1, 0.15) is 6.10 Å². The smallest absolute Gasteiger partial charge is 0.387 e. The van der Waals surface area contributed by atoms with Crippen LogP contribution in [-0.4, -0.2) is 23.6 Å². The summed E-state index contributed by atoms with van der Waals surface area (Å²) in [7, 11) is 0. The van der Waals surface area contributed by atoms with E-state index in [1.807, 2.05) is 0 Å². The lowest BCUT2D eigenvalue weighted by Crippen LogP contribution is -2.62. The SMILES string of the molecule is Cc1ccc(C(O)C(C(F)(F)F)(C(F)(F)F)C(F)(F)F)cc1. The van der Waals surface area contributed by atoms with Gasteiger partial charge in [0.05, 0.1) is 0 Å². The van der Waals surface area contributed by atoms with Crippen molar-refractivity contribution < 1.29 is 44.6 Å². The Hall–Kier alpha value is -1.45. The van der Waals surface area contributed by atoms with Crippen molar-refractivity contribution in [2.75, 3.05) is 0 Å². The predicted octanol–water partition coefficient (Wildman–Crippen LogP) is 4.70. The highest BCUT2D eigenvalue weighted by Gasteiger charge is 2.86. The number of aliphatic hydroxyl groups excluding tert-OH is 1. The molecule has 0 aliphatic heterocycles. The van der Waals surface area contributed by atoms with E-state index < -0.39 is 35.6 Å². The second-order valence-electron chi connectivity index (χ2n) is 4.61. The first kappa shape index (κ1) is 18.6. The van der Waals surface area contributed by atoms with Crippen molar-refractivity contribution in [2.24, 2.45) is 5.41 Å². The molecule has 0 radical (unpaired) electrons. The first-order valence-corrected chi connectivity index (χ1v) is 5.61. The Kier molecular flexibility index (Phi) is 4.50. The fourth-order valence-corrected chi connectivity index (χ4v) is 1.95. The zero-order valence-electron chi connectivity index (χ0n) is 10.7. The maximum atomic E-state index is 12.8. The minimum atomic E-state index is -6.80. The largest absolute Gasteiger partial charge is 0.415 e. The highest BCUT2D eigenvalue weighted by Crippen LogP contribution is 2.64. The van der Waals surface area contributed by atoms with E-state index in [4.69, 9.17) is 0 Å². The lowest BCUT2D eigenvalue weighted by atomic mass is 9.76. The van der Waals surface area contributed by atoms with Crippen LogP contribution in [0.5, 0.6) is 0 Å². The molecule has 1 nitrogen and oxygen atoms in total. The molecule has 0 aliphatic rings. The average Bonchev–Trinajstić information content (AvgIpc) is 2.23. The first-order chi connectivity index (χ1) is 9.66. The summed E-state index contributed by atoms with van der Waals surface area (Å²) in [5, 5.41) is 9.37. The number of hydrogen-bond donors (Lipinski definition) is 1. The molecule has 0 fully saturated rings. The maximum absolute atomic E-state index is 12.8. The van der Waals surface area contributed by atoms with Crippen molar-refractivity contribution in [3.05, 3.63) is 35.4 Å². The highest BCUT2D eigenvalue weighted by molar-refractivity contribution is 5.26. The molecule has 1 unspecified atom stereocenters. The molecule has 126 valence electrons. The van der Waals surface area contributed by atoms with Crippen LogP contribution in [0.3, 0.4) is 0 Å². The minimum absolute atomic E-state index is 0.382. The zero-order valence-corrected chi connectivity index (χ0v) is 10.7. The Balaban J connectivity index is 3.66. The number of rotatable bonds is 2. The molecule has 0 saturated heterocycles. The first-order valence-electron chi connectivity index (χ1n) is 5.61. The van der Waals surface area contributed by atoms with Gasteiger partial charge >= 0.3 is 18.5 Å². The number of benzene rings is 1. The van der Waals surface area contributed by atoms with Gasteiger partial charge in [0.15, 0.2) is 0 Å².